The van der Waals surface area contributed by atoms with Crippen LogP contribution in [-0.4, -0.2) is 28.6 Å². The lowest BCUT2D eigenvalue weighted by molar-refractivity contribution is -0.118. The number of primary amides is 1. The number of carbonyl (C=O) groups excluding carboxylic acids is 2. The minimum atomic E-state index is -0.607. The molecule has 2 aromatic rings. The first-order chi connectivity index (χ1) is 9.99. The van der Waals surface area contributed by atoms with E-state index in [1.807, 2.05) is 13.8 Å². The van der Waals surface area contributed by atoms with E-state index in [0.29, 0.717) is 5.82 Å². The van der Waals surface area contributed by atoms with Gasteiger partial charge in [0, 0.05) is 11.3 Å². The molecule has 0 aliphatic heterocycles. The van der Waals surface area contributed by atoms with Crippen molar-refractivity contribution in [2.24, 2.45) is 5.73 Å². The predicted octanol–water partition coefficient (Wildman–Crippen LogP) is 1.14. The van der Waals surface area contributed by atoms with E-state index in [9.17, 15) is 9.59 Å². The van der Waals surface area contributed by atoms with Gasteiger partial charge < -0.3 is 15.8 Å². The summed E-state index contributed by atoms with van der Waals surface area (Å²) in [5.41, 5.74) is 7.21. The third-order valence-corrected chi connectivity index (χ3v) is 3.02. The van der Waals surface area contributed by atoms with E-state index < -0.39 is 5.91 Å². The number of nitrogens with one attached hydrogen (secondary N) is 2. The van der Waals surface area contributed by atoms with Crippen molar-refractivity contribution in [2.45, 2.75) is 13.8 Å². The summed E-state index contributed by atoms with van der Waals surface area (Å²) >= 11 is 0. The standard InChI is InChI=1S/C14H16N4O3/c1-8-9(2)17-18-14(8)16-12(19)7-21-11-6-4-3-5-10(11)13(15)20/h3-6H,7H2,1-2H3,(H2,15,20)(H2,16,17,18,19). The summed E-state index contributed by atoms with van der Waals surface area (Å²) in [5, 5.41) is 9.37. The number of ether oxygens (including phenoxy) is 1. The quantitative estimate of drug-likeness (QED) is 0.766. The summed E-state index contributed by atoms with van der Waals surface area (Å²) in [6.07, 6.45) is 0. The molecule has 1 aromatic heterocycles. The lowest BCUT2D eigenvalue weighted by atomic mass is 10.2. The number of rotatable bonds is 5. The van der Waals surface area contributed by atoms with Gasteiger partial charge in [0.05, 0.1) is 5.56 Å². The van der Waals surface area contributed by atoms with Gasteiger partial charge in [-0.3, -0.25) is 14.7 Å². The number of aryl methyl sites for hydroxylation is 1. The van der Waals surface area contributed by atoms with Crippen LogP contribution in [0.5, 0.6) is 5.75 Å². The maximum Gasteiger partial charge on any atom is 0.263 e. The highest BCUT2D eigenvalue weighted by molar-refractivity contribution is 5.96. The van der Waals surface area contributed by atoms with E-state index in [2.05, 4.69) is 15.5 Å². The first-order valence-corrected chi connectivity index (χ1v) is 6.32. The van der Waals surface area contributed by atoms with Crippen LogP contribution in [0.2, 0.25) is 0 Å². The highest BCUT2D eigenvalue weighted by Crippen LogP contribution is 2.17. The first kappa shape index (κ1) is 14.6. The Morgan fingerprint density at radius 3 is 2.67 bits per heavy atom. The van der Waals surface area contributed by atoms with Gasteiger partial charge in [0.1, 0.15) is 5.75 Å². The minimum Gasteiger partial charge on any atom is -0.483 e. The first-order valence-electron chi connectivity index (χ1n) is 6.32. The minimum absolute atomic E-state index is 0.233. The Morgan fingerprint density at radius 1 is 1.33 bits per heavy atom. The van der Waals surface area contributed by atoms with Crippen LogP contribution in [0, 0.1) is 13.8 Å². The number of benzene rings is 1. The Hall–Kier alpha value is -2.83. The summed E-state index contributed by atoms with van der Waals surface area (Å²) in [6, 6.07) is 6.48. The Morgan fingerprint density at radius 2 is 2.05 bits per heavy atom. The molecule has 2 amide bonds. The molecule has 0 atom stereocenters. The normalized spacial score (nSPS) is 10.2. The summed E-state index contributed by atoms with van der Waals surface area (Å²) in [6.45, 7) is 3.46. The van der Waals surface area contributed by atoms with Crippen molar-refractivity contribution in [1.82, 2.24) is 10.2 Å². The fraction of sp³-hybridized carbons (Fsp3) is 0.214. The summed E-state index contributed by atoms with van der Waals surface area (Å²) in [7, 11) is 0. The molecule has 21 heavy (non-hydrogen) atoms. The summed E-state index contributed by atoms with van der Waals surface area (Å²) in [5.74, 6) is -0.243. The molecule has 0 aliphatic carbocycles. The van der Waals surface area contributed by atoms with Crippen molar-refractivity contribution in [2.75, 3.05) is 11.9 Å². The van der Waals surface area contributed by atoms with Crippen molar-refractivity contribution in [3.8, 4) is 5.75 Å². The van der Waals surface area contributed by atoms with E-state index in [-0.39, 0.29) is 23.8 Å². The Balaban J connectivity index is 1.99. The predicted molar refractivity (Wildman–Crippen MR) is 77.1 cm³/mol. The number of anilines is 1. The van der Waals surface area contributed by atoms with Crippen LogP contribution >= 0.6 is 0 Å². The van der Waals surface area contributed by atoms with E-state index >= 15 is 0 Å². The molecule has 2 rings (SSSR count). The molecule has 1 heterocycles. The molecule has 4 N–H and O–H groups in total. The maximum absolute atomic E-state index is 11.8. The molecule has 7 heteroatoms. The van der Waals surface area contributed by atoms with Crippen molar-refractivity contribution in [1.29, 1.82) is 0 Å². The van der Waals surface area contributed by atoms with Gasteiger partial charge in [-0.25, -0.2) is 0 Å². The van der Waals surface area contributed by atoms with Crippen LogP contribution in [0.3, 0.4) is 0 Å². The average molecular weight is 288 g/mol. The van der Waals surface area contributed by atoms with E-state index in [1.54, 1.807) is 18.2 Å². The Bertz CT molecular complexity index is 679. The molecule has 0 radical (unpaired) electrons. The van der Waals surface area contributed by atoms with Crippen LogP contribution in [-0.2, 0) is 4.79 Å². The zero-order valence-electron chi connectivity index (χ0n) is 11.8. The second kappa shape index (κ2) is 6.08. The molecule has 0 saturated heterocycles. The molecule has 0 aliphatic rings. The number of carbonyl (C=O) groups is 2. The molecule has 0 fully saturated rings. The van der Waals surface area contributed by atoms with Crippen molar-refractivity contribution >= 4 is 17.6 Å². The lowest BCUT2D eigenvalue weighted by Crippen LogP contribution is -2.22. The molecular weight excluding hydrogens is 272 g/mol. The van der Waals surface area contributed by atoms with E-state index in [0.717, 1.165) is 11.3 Å². The second-order valence-electron chi connectivity index (χ2n) is 4.52. The zero-order chi connectivity index (χ0) is 15.4. The van der Waals surface area contributed by atoms with E-state index in [1.165, 1.54) is 6.07 Å². The van der Waals surface area contributed by atoms with Gasteiger partial charge in [0.25, 0.3) is 11.8 Å². The van der Waals surface area contributed by atoms with Crippen molar-refractivity contribution in [3.63, 3.8) is 0 Å². The molecule has 110 valence electrons. The van der Waals surface area contributed by atoms with Crippen molar-refractivity contribution < 1.29 is 14.3 Å². The second-order valence-corrected chi connectivity index (χ2v) is 4.52. The number of para-hydroxylation sites is 1. The zero-order valence-corrected chi connectivity index (χ0v) is 11.8. The number of hydrogen-bond donors (Lipinski definition) is 3. The lowest BCUT2D eigenvalue weighted by Gasteiger charge is -2.09. The van der Waals surface area contributed by atoms with Gasteiger partial charge in [0.15, 0.2) is 12.4 Å². The molecular formula is C14H16N4O3. The molecule has 0 saturated carbocycles. The summed E-state index contributed by atoms with van der Waals surface area (Å²) < 4.78 is 5.33. The largest absolute Gasteiger partial charge is 0.483 e. The Kier molecular flexibility index (Phi) is 4.22. The monoisotopic (exact) mass is 288 g/mol. The van der Waals surface area contributed by atoms with Gasteiger partial charge in [-0.05, 0) is 26.0 Å². The van der Waals surface area contributed by atoms with Gasteiger partial charge in [-0.2, -0.15) is 5.10 Å². The Labute approximate surface area is 121 Å². The fourth-order valence-electron chi connectivity index (χ4n) is 1.71. The molecule has 0 spiro atoms. The maximum atomic E-state index is 11.8. The van der Waals surface area contributed by atoms with Gasteiger partial charge in [0.2, 0.25) is 0 Å². The summed E-state index contributed by atoms with van der Waals surface area (Å²) in [4.78, 5) is 23.1. The van der Waals surface area contributed by atoms with Gasteiger partial charge in [-0.15, -0.1) is 0 Å². The number of nitrogens with two attached hydrogens (primary N) is 1. The number of aromatic nitrogens is 2. The highest BCUT2D eigenvalue weighted by atomic mass is 16.5. The molecule has 0 unspecified atom stereocenters. The number of H-pyrrole nitrogens is 1. The van der Waals surface area contributed by atoms with E-state index in [4.69, 9.17) is 10.5 Å². The van der Waals surface area contributed by atoms with Crippen LogP contribution in [0.15, 0.2) is 24.3 Å². The fourth-order valence-corrected chi connectivity index (χ4v) is 1.71. The topological polar surface area (TPSA) is 110 Å². The third-order valence-electron chi connectivity index (χ3n) is 3.02. The number of amides is 2. The third kappa shape index (κ3) is 3.38. The smallest absolute Gasteiger partial charge is 0.263 e. The molecule has 1 aromatic carbocycles. The van der Waals surface area contributed by atoms with Crippen LogP contribution in [0.4, 0.5) is 5.82 Å². The van der Waals surface area contributed by atoms with Crippen LogP contribution in [0.1, 0.15) is 21.6 Å². The number of hydrogen-bond acceptors (Lipinski definition) is 4. The van der Waals surface area contributed by atoms with Gasteiger partial charge >= 0.3 is 0 Å². The number of nitrogens with zero attached hydrogens (tertiary/aromatic N) is 1. The highest BCUT2D eigenvalue weighted by Gasteiger charge is 2.12. The van der Waals surface area contributed by atoms with Gasteiger partial charge in [-0.1, -0.05) is 12.1 Å². The average Bonchev–Trinajstić information content (AvgIpc) is 2.77. The van der Waals surface area contributed by atoms with Crippen molar-refractivity contribution in [3.05, 3.63) is 41.1 Å². The van der Waals surface area contributed by atoms with Crippen LogP contribution in [0.25, 0.3) is 0 Å². The van der Waals surface area contributed by atoms with Crippen LogP contribution < -0.4 is 15.8 Å². The molecule has 7 nitrogen and oxygen atoms in total. The molecule has 0 bridgehead atoms. The SMILES string of the molecule is Cc1[nH]nc(NC(=O)COc2ccccc2C(N)=O)c1C. The number of aromatic amines is 1.